The topological polar surface area (TPSA) is 91.0 Å². The first-order valence-electron chi connectivity index (χ1n) is 9.87. The average molecular weight is 448 g/mol. The summed E-state index contributed by atoms with van der Waals surface area (Å²) in [5.74, 6) is 0.0797. The lowest BCUT2D eigenvalue weighted by molar-refractivity contribution is -0.113. The number of nitrogens with one attached hydrogen (secondary N) is 1. The summed E-state index contributed by atoms with van der Waals surface area (Å²) >= 11 is 1.26. The van der Waals surface area contributed by atoms with Crippen LogP contribution in [0.3, 0.4) is 0 Å². The molecule has 0 spiro atoms. The number of methoxy groups -OCH3 is 1. The standard InChI is InChI=1S/C23H21N5O3S/c1-31-22(30)18-11-5-6-12-19(18)24-21(29)16-32-23-26-25-20(15-17-9-3-2-4-10-17)28(23)27-13-7-8-14-27/h2-14H,15-16H2,1H3,(H,24,29). The second-order valence-corrected chi connectivity index (χ2v) is 7.75. The third kappa shape index (κ3) is 4.89. The number of amides is 1. The Kier molecular flexibility index (Phi) is 6.66. The highest BCUT2D eigenvalue weighted by atomic mass is 32.2. The third-order valence-electron chi connectivity index (χ3n) is 4.64. The van der Waals surface area contributed by atoms with E-state index in [1.165, 1.54) is 18.9 Å². The van der Waals surface area contributed by atoms with Gasteiger partial charge in [0.1, 0.15) is 0 Å². The fourth-order valence-electron chi connectivity index (χ4n) is 3.16. The average Bonchev–Trinajstić information content (AvgIpc) is 3.48. The Bertz CT molecular complexity index is 1210. The van der Waals surface area contributed by atoms with E-state index in [9.17, 15) is 9.59 Å². The van der Waals surface area contributed by atoms with Crippen molar-refractivity contribution in [3.63, 3.8) is 0 Å². The van der Waals surface area contributed by atoms with Crippen LogP contribution in [-0.2, 0) is 16.0 Å². The summed E-state index contributed by atoms with van der Waals surface area (Å²) in [6, 6.07) is 20.6. The van der Waals surface area contributed by atoms with E-state index in [4.69, 9.17) is 4.74 Å². The number of ether oxygens (including phenoxy) is 1. The van der Waals surface area contributed by atoms with Crippen LogP contribution >= 0.6 is 11.8 Å². The maximum Gasteiger partial charge on any atom is 0.339 e. The number of hydrogen-bond acceptors (Lipinski definition) is 6. The Morgan fingerprint density at radius 1 is 0.969 bits per heavy atom. The Balaban J connectivity index is 1.50. The molecule has 0 fully saturated rings. The Morgan fingerprint density at radius 3 is 2.44 bits per heavy atom. The molecule has 1 amide bonds. The zero-order chi connectivity index (χ0) is 22.3. The van der Waals surface area contributed by atoms with Crippen LogP contribution in [0.1, 0.15) is 21.7 Å². The molecular formula is C23H21N5O3S. The molecule has 2 aromatic heterocycles. The molecular weight excluding hydrogens is 426 g/mol. The number of hydrogen-bond donors (Lipinski definition) is 1. The van der Waals surface area contributed by atoms with Gasteiger partial charge in [0.05, 0.1) is 24.1 Å². The van der Waals surface area contributed by atoms with Gasteiger partial charge in [-0.15, -0.1) is 10.2 Å². The van der Waals surface area contributed by atoms with Gasteiger partial charge >= 0.3 is 5.97 Å². The van der Waals surface area contributed by atoms with Crippen molar-refractivity contribution in [2.45, 2.75) is 11.6 Å². The van der Waals surface area contributed by atoms with E-state index in [1.54, 1.807) is 24.3 Å². The fourth-order valence-corrected chi connectivity index (χ4v) is 3.91. The third-order valence-corrected chi connectivity index (χ3v) is 5.56. The minimum atomic E-state index is -0.508. The molecule has 2 aromatic carbocycles. The number of nitrogens with zero attached hydrogens (tertiary/aromatic N) is 4. The lowest BCUT2D eigenvalue weighted by Gasteiger charge is -2.12. The molecule has 2 heterocycles. The molecule has 0 bridgehead atoms. The van der Waals surface area contributed by atoms with E-state index in [2.05, 4.69) is 15.5 Å². The van der Waals surface area contributed by atoms with Crippen molar-refractivity contribution < 1.29 is 14.3 Å². The van der Waals surface area contributed by atoms with Gasteiger partial charge in [-0.2, -0.15) is 0 Å². The van der Waals surface area contributed by atoms with E-state index in [0.29, 0.717) is 22.8 Å². The van der Waals surface area contributed by atoms with E-state index < -0.39 is 5.97 Å². The minimum Gasteiger partial charge on any atom is -0.465 e. The monoisotopic (exact) mass is 447 g/mol. The molecule has 4 aromatic rings. The van der Waals surface area contributed by atoms with E-state index >= 15 is 0 Å². The quantitative estimate of drug-likeness (QED) is 0.328. The van der Waals surface area contributed by atoms with E-state index in [-0.39, 0.29) is 11.7 Å². The first-order valence-corrected chi connectivity index (χ1v) is 10.9. The van der Waals surface area contributed by atoms with Crippen molar-refractivity contribution in [2.24, 2.45) is 0 Å². The zero-order valence-corrected chi connectivity index (χ0v) is 18.2. The molecule has 0 saturated carbocycles. The summed E-state index contributed by atoms with van der Waals surface area (Å²) in [5.41, 5.74) is 1.82. The zero-order valence-electron chi connectivity index (χ0n) is 17.3. The van der Waals surface area contributed by atoms with Crippen molar-refractivity contribution in [1.82, 2.24) is 19.5 Å². The van der Waals surface area contributed by atoms with Gasteiger partial charge in [0.25, 0.3) is 0 Å². The predicted octanol–water partition coefficient (Wildman–Crippen LogP) is 3.50. The SMILES string of the molecule is COC(=O)c1ccccc1NC(=O)CSc1nnc(Cc2ccccc2)n1-n1cccc1. The Labute approximate surface area is 189 Å². The van der Waals surface area contributed by atoms with Crippen LogP contribution in [0.5, 0.6) is 0 Å². The summed E-state index contributed by atoms with van der Waals surface area (Å²) in [7, 11) is 1.30. The molecule has 9 heteroatoms. The molecule has 0 aliphatic heterocycles. The van der Waals surface area contributed by atoms with Gasteiger partial charge in [-0.1, -0.05) is 54.2 Å². The maximum absolute atomic E-state index is 12.6. The minimum absolute atomic E-state index is 0.0975. The number of anilines is 1. The molecule has 0 aliphatic carbocycles. The Hall–Kier alpha value is -3.85. The van der Waals surface area contributed by atoms with Crippen LogP contribution < -0.4 is 5.32 Å². The largest absolute Gasteiger partial charge is 0.465 e. The highest BCUT2D eigenvalue weighted by Crippen LogP contribution is 2.21. The molecule has 0 atom stereocenters. The number of carbonyl (C=O) groups is 2. The normalized spacial score (nSPS) is 10.7. The number of esters is 1. The van der Waals surface area contributed by atoms with Crippen LogP contribution in [-0.4, -0.2) is 44.3 Å². The highest BCUT2D eigenvalue weighted by Gasteiger charge is 2.17. The van der Waals surface area contributed by atoms with Crippen LogP contribution in [0.4, 0.5) is 5.69 Å². The van der Waals surface area contributed by atoms with Crippen LogP contribution in [0.15, 0.2) is 84.3 Å². The van der Waals surface area contributed by atoms with E-state index in [1.807, 2.05) is 64.2 Å². The van der Waals surface area contributed by atoms with Crippen molar-refractivity contribution in [3.05, 3.63) is 96.1 Å². The van der Waals surface area contributed by atoms with Gasteiger partial charge < -0.3 is 10.1 Å². The second kappa shape index (κ2) is 9.97. The van der Waals surface area contributed by atoms with Crippen molar-refractivity contribution in [1.29, 1.82) is 0 Å². The van der Waals surface area contributed by atoms with Crippen molar-refractivity contribution >= 4 is 29.3 Å². The van der Waals surface area contributed by atoms with Crippen LogP contribution in [0.25, 0.3) is 0 Å². The van der Waals surface area contributed by atoms with Gasteiger partial charge in [-0.3, -0.25) is 9.47 Å². The lowest BCUT2D eigenvalue weighted by atomic mass is 10.1. The van der Waals surface area contributed by atoms with Gasteiger partial charge in [0.15, 0.2) is 5.82 Å². The summed E-state index contributed by atoms with van der Waals surface area (Å²) in [6.45, 7) is 0. The van der Waals surface area contributed by atoms with Crippen LogP contribution in [0.2, 0.25) is 0 Å². The molecule has 0 saturated heterocycles. The predicted molar refractivity (Wildman–Crippen MR) is 122 cm³/mol. The van der Waals surface area contributed by atoms with Crippen LogP contribution in [0, 0.1) is 0 Å². The summed E-state index contributed by atoms with van der Waals surface area (Å²) in [6.07, 6.45) is 4.40. The number of benzene rings is 2. The molecule has 4 rings (SSSR count). The summed E-state index contributed by atoms with van der Waals surface area (Å²) in [4.78, 5) is 24.5. The molecule has 1 N–H and O–H groups in total. The first kappa shape index (κ1) is 21.4. The number of thioether (sulfide) groups is 1. The second-order valence-electron chi connectivity index (χ2n) is 6.81. The smallest absolute Gasteiger partial charge is 0.339 e. The molecule has 8 nitrogen and oxygen atoms in total. The molecule has 0 unspecified atom stereocenters. The van der Waals surface area contributed by atoms with Gasteiger partial charge in [-0.05, 0) is 29.8 Å². The van der Waals surface area contributed by atoms with Crippen molar-refractivity contribution in [3.8, 4) is 0 Å². The Morgan fingerprint density at radius 2 is 1.69 bits per heavy atom. The summed E-state index contributed by atoms with van der Waals surface area (Å²) in [5, 5.41) is 12.0. The molecule has 162 valence electrons. The summed E-state index contributed by atoms with van der Waals surface area (Å²) < 4.78 is 8.54. The highest BCUT2D eigenvalue weighted by molar-refractivity contribution is 7.99. The number of carbonyl (C=O) groups excluding carboxylic acids is 2. The number of rotatable bonds is 8. The van der Waals surface area contributed by atoms with Gasteiger partial charge in [0.2, 0.25) is 11.1 Å². The van der Waals surface area contributed by atoms with Gasteiger partial charge in [-0.25, -0.2) is 9.47 Å². The lowest BCUT2D eigenvalue weighted by Crippen LogP contribution is -2.18. The molecule has 0 aliphatic rings. The number of aromatic nitrogens is 4. The van der Waals surface area contributed by atoms with Crippen molar-refractivity contribution in [2.75, 3.05) is 18.2 Å². The number of para-hydroxylation sites is 1. The first-order chi connectivity index (χ1) is 15.7. The molecule has 0 radical (unpaired) electrons. The fraction of sp³-hybridized carbons (Fsp3) is 0.130. The molecule has 32 heavy (non-hydrogen) atoms. The van der Waals surface area contributed by atoms with E-state index in [0.717, 1.165) is 11.4 Å². The van der Waals surface area contributed by atoms with Gasteiger partial charge in [0, 0.05) is 18.8 Å². The maximum atomic E-state index is 12.6.